The highest BCUT2D eigenvalue weighted by Gasteiger charge is 2.33. The second-order valence-electron chi connectivity index (χ2n) is 22.1. The molecule has 2 aliphatic carbocycles. The lowest BCUT2D eigenvalue weighted by molar-refractivity contribution is 0.426. The summed E-state index contributed by atoms with van der Waals surface area (Å²) in [6, 6.07) is 114. The summed E-state index contributed by atoms with van der Waals surface area (Å²) >= 11 is 6.75. The smallest absolute Gasteiger partial charge is 0.423 e. The molecule has 89 heavy (non-hydrogen) atoms. The average Bonchev–Trinajstić information content (AvgIpc) is 1.67. The highest BCUT2D eigenvalue weighted by atomic mass is 79.9. The molecule has 0 amide bonds. The van der Waals surface area contributed by atoms with Crippen molar-refractivity contribution < 1.29 is 10.0 Å². The largest absolute Gasteiger partial charge is 0.488 e. The van der Waals surface area contributed by atoms with Crippen LogP contribution in [0.15, 0.2) is 326 Å². The molecule has 0 unspecified atom stereocenters. The van der Waals surface area contributed by atoms with Gasteiger partial charge in [0.25, 0.3) is 0 Å². The van der Waals surface area contributed by atoms with Crippen LogP contribution in [-0.2, 0) is 0 Å². The zero-order valence-electron chi connectivity index (χ0n) is 49.3. The van der Waals surface area contributed by atoms with Crippen LogP contribution in [0.5, 0.6) is 0 Å². The Morgan fingerprint density at radius 3 is 0.843 bits per heavy atom. The Kier molecular flexibility index (Phi) is 17.2. The Hall–Kier alpha value is -9.72. The third-order valence-corrected chi connectivity index (χ3v) is 17.6. The summed E-state index contributed by atoms with van der Waals surface area (Å²) in [4.78, 5) is 0. The molecule has 0 aliphatic heterocycles. The minimum Gasteiger partial charge on any atom is -0.423 e. The Morgan fingerprint density at radius 2 is 0.506 bits per heavy atom. The molecule has 0 radical (unpaired) electrons. The predicted octanol–water partition coefficient (Wildman–Crippen LogP) is 22.8. The lowest BCUT2D eigenvalue weighted by Crippen LogP contribution is -2.29. The third kappa shape index (κ3) is 11.1. The van der Waals surface area contributed by atoms with Gasteiger partial charge in [-0.25, -0.2) is 0 Å². The molecule has 2 N–H and O–H groups in total. The summed E-state index contributed by atoms with van der Waals surface area (Å²) in [5, 5.41) is 27.6. The van der Waals surface area contributed by atoms with Gasteiger partial charge in [-0.3, -0.25) is 0 Å². The van der Waals surface area contributed by atoms with Crippen molar-refractivity contribution >= 4 is 87.5 Å². The zero-order chi connectivity index (χ0) is 60.8. The SMILES string of the molecule is Brc1ccc2c3c(cccc13)-c1c-2c(-c2ccccc2)c2ccccc2c1-c1ccccc1.CBr.Cc1ccccc1.OB(O)c1ccccc1.c1ccc(-c2c3c(c(-c4ccccc4)c4ccccc24)-c2ccc(-c4ccccc4)c4cccc-3c24)cc1. The first-order valence-electron chi connectivity index (χ1n) is 30.0. The molecular formula is C84H61BBr2O2. The van der Waals surface area contributed by atoms with Crippen molar-refractivity contribution in [3.8, 4) is 100 Å². The van der Waals surface area contributed by atoms with Crippen LogP contribution < -0.4 is 5.46 Å². The minimum atomic E-state index is -1.34. The van der Waals surface area contributed by atoms with Gasteiger partial charge in [0.15, 0.2) is 0 Å². The first kappa shape index (κ1) is 58.3. The molecule has 5 heteroatoms. The van der Waals surface area contributed by atoms with Gasteiger partial charge in [-0.05, 0) is 168 Å². The van der Waals surface area contributed by atoms with Gasteiger partial charge in [-0.2, -0.15) is 0 Å². The van der Waals surface area contributed by atoms with Crippen LogP contribution in [0.25, 0.3) is 143 Å². The van der Waals surface area contributed by atoms with Crippen molar-refractivity contribution in [3.63, 3.8) is 0 Å². The van der Waals surface area contributed by atoms with Crippen LogP contribution in [0.1, 0.15) is 5.56 Å². The van der Waals surface area contributed by atoms with Gasteiger partial charge in [-0.15, -0.1) is 0 Å². The van der Waals surface area contributed by atoms with E-state index < -0.39 is 7.12 Å². The molecule has 2 aliphatic rings. The van der Waals surface area contributed by atoms with Crippen LogP contribution >= 0.6 is 31.9 Å². The first-order chi connectivity index (χ1) is 43.9. The van der Waals surface area contributed by atoms with Gasteiger partial charge >= 0.3 is 7.12 Å². The van der Waals surface area contributed by atoms with Crippen LogP contribution in [0.4, 0.5) is 0 Å². The van der Waals surface area contributed by atoms with Gasteiger partial charge in [-0.1, -0.05) is 353 Å². The predicted molar refractivity (Wildman–Crippen MR) is 389 cm³/mol. The fraction of sp³-hybridized carbons (Fsp3) is 0.0238. The Labute approximate surface area is 538 Å². The normalized spacial score (nSPS) is 11.0. The van der Waals surface area contributed by atoms with E-state index in [1.54, 1.807) is 24.3 Å². The number of halogens is 2. The summed E-state index contributed by atoms with van der Waals surface area (Å²) in [7, 11) is -1.34. The molecule has 0 aromatic heterocycles. The number of alkyl halides is 1. The number of hydrogen-bond acceptors (Lipinski definition) is 2. The van der Waals surface area contributed by atoms with Crippen LogP contribution in [0.3, 0.4) is 0 Å². The Bertz CT molecular complexity index is 4800. The number of hydrogen-bond donors (Lipinski definition) is 2. The highest BCUT2D eigenvalue weighted by molar-refractivity contribution is 9.10. The van der Waals surface area contributed by atoms with Crippen molar-refractivity contribution in [2.45, 2.75) is 6.92 Å². The highest BCUT2D eigenvalue weighted by Crippen LogP contribution is 2.60. The van der Waals surface area contributed by atoms with Crippen LogP contribution in [0, 0.1) is 6.92 Å². The number of aryl methyl sites for hydroxylation is 1. The maximum atomic E-state index is 8.58. The summed E-state index contributed by atoms with van der Waals surface area (Å²) < 4.78 is 1.14. The summed E-state index contributed by atoms with van der Waals surface area (Å²) in [6.45, 7) is 2.08. The summed E-state index contributed by atoms with van der Waals surface area (Å²) in [6.07, 6.45) is 0. The van der Waals surface area contributed by atoms with E-state index in [0.717, 1.165) is 4.47 Å². The maximum absolute atomic E-state index is 8.58. The number of fused-ring (bicyclic) bond motifs is 8. The van der Waals surface area contributed by atoms with E-state index in [9.17, 15) is 0 Å². The molecule has 0 spiro atoms. The van der Waals surface area contributed by atoms with Gasteiger partial charge in [0.05, 0.1) is 0 Å². The van der Waals surface area contributed by atoms with Gasteiger partial charge in [0.1, 0.15) is 0 Å². The van der Waals surface area contributed by atoms with E-state index in [-0.39, 0.29) is 0 Å². The second-order valence-corrected chi connectivity index (χ2v) is 22.9. The topological polar surface area (TPSA) is 40.5 Å². The van der Waals surface area contributed by atoms with Crippen molar-refractivity contribution in [2.75, 3.05) is 5.83 Å². The average molecular weight is 1270 g/mol. The quantitative estimate of drug-likeness (QED) is 0.129. The minimum absolute atomic E-state index is 0.525. The monoisotopic (exact) mass is 1270 g/mol. The van der Waals surface area contributed by atoms with Gasteiger partial charge in [0.2, 0.25) is 0 Å². The molecule has 0 saturated heterocycles. The van der Waals surface area contributed by atoms with E-state index in [0.29, 0.717) is 5.46 Å². The van der Waals surface area contributed by atoms with E-state index in [4.69, 9.17) is 10.0 Å². The Balaban J connectivity index is 0.000000129. The number of benzene rings is 15. The molecular weight excluding hydrogens is 1210 g/mol. The van der Waals surface area contributed by atoms with Crippen molar-refractivity contribution in [1.82, 2.24) is 0 Å². The Morgan fingerprint density at radius 1 is 0.236 bits per heavy atom. The first-order valence-corrected chi connectivity index (χ1v) is 32.3. The molecule has 0 bridgehead atoms. The van der Waals surface area contributed by atoms with E-state index in [2.05, 4.69) is 312 Å². The molecule has 0 fully saturated rings. The molecule has 0 heterocycles. The fourth-order valence-electron chi connectivity index (χ4n) is 13.2. The second kappa shape index (κ2) is 26.3. The molecule has 0 saturated carbocycles. The van der Waals surface area contributed by atoms with Crippen LogP contribution in [-0.4, -0.2) is 23.0 Å². The molecule has 15 aromatic carbocycles. The maximum Gasteiger partial charge on any atom is 0.488 e. The fourth-order valence-corrected chi connectivity index (χ4v) is 13.7. The third-order valence-electron chi connectivity index (χ3n) is 16.9. The van der Waals surface area contributed by atoms with Crippen molar-refractivity contribution in [1.29, 1.82) is 0 Å². The van der Waals surface area contributed by atoms with Gasteiger partial charge in [0, 0.05) is 4.47 Å². The molecule has 17 rings (SSSR count). The van der Waals surface area contributed by atoms with Crippen molar-refractivity contribution in [2.24, 2.45) is 0 Å². The van der Waals surface area contributed by atoms with Crippen LogP contribution in [0.2, 0.25) is 0 Å². The van der Waals surface area contributed by atoms with Gasteiger partial charge < -0.3 is 10.0 Å². The summed E-state index contributed by atoms with van der Waals surface area (Å²) in [5.74, 6) is 1.81. The lowest BCUT2D eigenvalue weighted by Gasteiger charge is -2.20. The van der Waals surface area contributed by atoms with E-state index in [1.807, 2.05) is 30.1 Å². The lowest BCUT2D eigenvalue weighted by atomic mass is 9.81. The number of rotatable bonds is 6. The van der Waals surface area contributed by atoms with E-state index in [1.165, 1.54) is 149 Å². The van der Waals surface area contributed by atoms with Crippen molar-refractivity contribution in [3.05, 3.63) is 332 Å². The molecule has 0 atom stereocenters. The summed E-state index contributed by atoms with van der Waals surface area (Å²) in [5.41, 5.74) is 25.4. The molecule has 15 aromatic rings. The molecule has 426 valence electrons. The zero-order valence-corrected chi connectivity index (χ0v) is 52.5. The van der Waals surface area contributed by atoms with E-state index >= 15 is 0 Å². The standard InChI is InChI=1S/C38H24.C32H19Br.C7H8.C6H7BO2.CH3Br/c1-4-13-25(14-5-1)28-23-24-33-36-29(28)21-12-22-32(36)37-34(26-15-6-2-7-16-26)30-19-10-11-20-31(30)35(38(33)37)27-17-8-3-9-18-27;33-27-19-18-26-30-24(27)16-9-17-25(30)31-28(20-10-3-1-4-11-20)22-14-7-8-15-23(22)29(32(26)31)21-12-5-2-6-13-21;1-7-5-3-2-4-6-7;8-7(9)6-4-2-1-3-5-6;1-2/h1-24H;1-19H;2-6H,1H3;1-5,8-9H;1H3. The molecule has 2 nitrogen and oxygen atoms in total.